The Bertz CT molecular complexity index is 599. The summed E-state index contributed by atoms with van der Waals surface area (Å²) in [6, 6.07) is 6.42. The molecule has 2 fully saturated rings. The SMILES string of the molecule is COC1(c2cccc3[nH]cnc23)C2CCCC1CNC2. The van der Waals surface area contributed by atoms with E-state index in [1.807, 2.05) is 7.11 Å². The summed E-state index contributed by atoms with van der Waals surface area (Å²) in [5.41, 5.74) is 3.29. The molecule has 2 atom stereocenters. The third kappa shape index (κ3) is 1.52. The van der Waals surface area contributed by atoms with Crippen LogP contribution in [0.4, 0.5) is 0 Å². The van der Waals surface area contributed by atoms with E-state index < -0.39 is 0 Å². The fourth-order valence-electron chi connectivity index (χ4n) is 4.48. The van der Waals surface area contributed by atoms with Crippen LogP contribution in [0.3, 0.4) is 0 Å². The van der Waals surface area contributed by atoms with Gasteiger partial charge in [0, 0.05) is 37.6 Å². The molecule has 4 rings (SSSR count). The number of hydrogen-bond donors (Lipinski definition) is 2. The Morgan fingerprint density at radius 2 is 2.05 bits per heavy atom. The number of benzene rings is 1. The van der Waals surface area contributed by atoms with Gasteiger partial charge in [-0.2, -0.15) is 0 Å². The van der Waals surface area contributed by atoms with Gasteiger partial charge in [-0.15, -0.1) is 0 Å². The highest BCUT2D eigenvalue weighted by atomic mass is 16.5. The monoisotopic (exact) mass is 271 g/mol. The van der Waals surface area contributed by atoms with Crippen LogP contribution in [0.5, 0.6) is 0 Å². The quantitative estimate of drug-likeness (QED) is 0.882. The first-order valence-electron chi connectivity index (χ1n) is 7.54. The first-order valence-corrected chi connectivity index (χ1v) is 7.54. The average molecular weight is 271 g/mol. The van der Waals surface area contributed by atoms with Crippen LogP contribution in [-0.4, -0.2) is 30.2 Å². The molecule has 1 aromatic carbocycles. The number of methoxy groups -OCH3 is 1. The minimum atomic E-state index is -0.168. The summed E-state index contributed by atoms with van der Waals surface area (Å²) in [7, 11) is 1.88. The molecular formula is C16H21N3O. The third-order valence-corrected chi connectivity index (χ3v) is 5.31. The van der Waals surface area contributed by atoms with Crippen molar-refractivity contribution >= 4 is 11.0 Å². The Morgan fingerprint density at radius 3 is 2.80 bits per heavy atom. The maximum Gasteiger partial charge on any atom is 0.103 e. The highest BCUT2D eigenvalue weighted by Crippen LogP contribution is 2.50. The van der Waals surface area contributed by atoms with Gasteiger partial charge in [-0.25, -0.2) is 4.98 Å². The molecule has 2 unspecified atom stereocenters. The van der Waals surface area contributed by atoms with Gasteiger partial charge >= 0.3 is 0 Å². The number of piperidine rings is 1. The number of aromatic amines is 1. The minimum absolute atomic E-state index is 0.168. The molecule has 2 N–H and O–H groups in total. The van der Waals surface area contributed by atoms with Crippen LogP contribution < -0.4 is 5.32 Å². The van der Waals surface area contributed by atoms with Crippen molar-refractivity contribution in [3.63, 3.8) is 0 Å². The van der Waals surface area contributed by atoms with Crippen molar-refractivity contribution in [2.45, 2.75) is 24.9 Å². The fourth-order valence-corrected chi connectivity index (χ4v) is 4.48. The Labute approximate surface area is 118 Å². The van der Waals surface area contributed by atoms with Gasteiger partial charge in [-0.3, -0.25) is 0 Å². The summed E-state index contributed by atoms with van der Waals surface area (Å²) < 4.78 is 6.22. The van der Waals surface area contributed by atoms with Gasteiger partial charge in [-0.05, 0) is 18.9 Å². The molecule has 1 aliphatic heterocycles. The van der Waals surface area contributed by atoms with E-state index >= 15 is 0 Å². The van der Waals surface area contributed by atoms with E-state index in [2.05, 4.69) is 33.5 Å². The molecule has 0 radical (unpaired) electrons. The van der Waals surface area contributed by atoms with E-state index in [-0.39, 0.29) is 5.60 Å². The second-order valence-electron chi connectivity index (χ2n) is 6.08. The van der Waals surface area contributed by atoms with Crippen LogP contribution in [0.15, 0.2) is 24.5 Å². The predicted octanol–water partition coefficient (Wildman–Crippen LogP) is 2.42. The van der Waals surface area contributed by atoms with E-state index in [4.69, 9.17) is 4.74 Å². The van der Waals surface area contributed by atoms with Gasteiger partial charge in [0.05, 0.1) is 17.4 Å². The van der Waals surface area contributed by atoms with Gasteiger partial charge < -0.3 is 15.0 Å². The van der Waals surface area contributed by atoms with E-state index in [0.29, 0.717) is 11.8 Å². The molecule has 2 aliphatic rings. The molecule has 106 valence electrons. The Balaban J connectivity index is 1.94. The molecule has 0 amide bonds. The summed E-state index contributed by atoms with van der Waals surface area (Å²) in [6.07, 6.45) is 5.57. The smallest absolute Gasteiger partial charge is 0.103 e. The number of rotatable bonds is 2. The Kier molecular flexibility index (Phi) is 2.82. The second-order valence-corrected chi connectivity index (χ2v) is 6.08. The lowest BCUT2D eigenvalue weighted by molar-refractivity contribution is -0.143. The maximum atomic E-state index is 6.22. The first kappa shape index (κ1) is 12.4. The number of hydrogen-bond acceptors (Lipinski definition) is 3. The van der Waals surface area contributed by atoms with Crippen LogP contribution in [-0.2, 0) is 10.3 Å². The molecule has 1 aromatic heterocycles. The van der Waals surface area contributed by atoms with Crippen LogP contribution in [0.2, 0.25) is 0 Å². The summed E-state index contributed by atoms with van der Waals surface area (Å²) >= 11 is 0. The summed E-state index contributed by atoms with van der Waals surface area (Å²) in [5.74, 6) is 1.09. The van der Waals surface area contributed by atoms with Gasteiger partial charge in [-0.1, -0.05) is 18.6 Å². The van der Waals surface area contributed by atoms with E-state index in [1.165, 1.54) is 24.8 Å². The van der Waals surface area contributed by atoms with Crippen molar-refractivity contribution in [1.29, 1.82) is 0 Å². The van der Waals surface area contributed by atoms with Gasteiger partial charge in [0.2, 0.25) is 0 Å². The van der Waals surface area contributed by atoms with E-state index in [9.17, 15) is 0 Å². The first-order chi connectivity index (χ1) is 9.86. The zero-order valence-corrected chi connectivity index (χ0v) is 11.9. The van der Waals surface area contributed by atoms with Crippen LogP contribution in [0.1, 0.15) is 24.8 Å². The topological polar surface area (TPSA) is 49.9 Å². The lowest BCUT2D eigenvalue weighted by Crippen LogP contribution is -2.57. The van der Waals surface area contributed by atoms with E-state index in [0.717, 1.165) is 24.1 Å². The maximum absolute atomic E-state index is 6.22. The normalized spacial score (nSPS) is 33.5. The number of H-pyrrole nitrogens is 1. The lowest BCUT2D eigenvalue weighted by atomic mass is 9.62. The lowest BCUT2D eigenvalue weighted by Gasteiger charge is -2.52. The third-order valence-electron chi connectivity index (χ3n) is 5.31. The number of imidazole rings is 1. The predicted molar refractivity (Wildman–Crippen MR) is 78.5 cm³/mol. The average Bonchev–Trinajstić information content (AvgIpc) is 2.94. The highest BCUT2D eigenvalue weighted by molar-refractivity contribution is 5.79. The zero-order chi connectivity index (χ0) is 13.6. The van der Waals surface area contributed by atoms with Crippen molar-refractivity contribution in [2.75, 3.05) is 20.2 Å². The number of fused-ring (bicyclic) bond motifs is 3. The minimum Gasteiger partial charge on any atom is -0.373 e. The summed E-state index contributed by atoms with van der Waals surface area (Å²) in [6.45, 7) is 2.09. The van der Waals surface area contributed by atoms with Crippen molar-refractivity contribution in [1.82, 2.24) is 15.3 Å². The number of para-hydroxylation sites is 1. The number of ether oxygens (including phenoxy) is 1. The second kappa shape index (κ2) is 4.57. The Hall–Kier alpha value is -1.39. The molecule has 4 heteroatoms. The van der Waals surface area contributed by atoms with Crippen LogP contribution >= 0.6 is 0 Å². The van der Waals surface area contributed by atoms with Crippen molar-refractivity contribution < 1.29 is 4.74 Å². The Morgan fingerprint density at radius 1 is 1.25 bits per heavy atom. The van der Waals surface area contributed by atoms with Gasteiger partial charge in [0.15, 0.2) is 0 Å². The standard InChI is InChI=1S/C16H21N3O/c1-20-16(11-4-2-5-12(16)9-17-8-11)13-6-3-7-14-15(13)19-10-18-14/h3,6-7,10-12,17H,2,4-5,8-9H2,1H3,(H,18,19). The molecule has 1 aliphatic carbocycles. The van der Waals surface area contributed by atoms with E-state index in [1.54, 1.807) is 6.33 Å². The number of nitrogens with one attached hydrogen (secondary N) is 2. The molecule has 1 saturated carbocycles. The molecule has 2 heterocycles. The van der Waals surface area contributed by atoms with Crippen molar-refractivity contribution in [2.24, 2.45) is 11.8 Å². The van der Waals surface area contributed by atoms with Gasteiger partial charge in [0.25, 0.3) is 0 Å². The van der Waals surface area contributed by atoms with Crippen LogP contribution in [0.25, 0.3) is 11.0 Å². The molecule has 20 heavy (non-hydrogen) atoms. The number of nitrogens with zero attached hydrogens (tertiary/aromatic N) is 1. The summed E-state index contributed by atoms with van der Waals surface area (Å²) in [4.78, 5) is 7.78. The van der Waals surface area contributed by atoms with Crippen molar-refractivity contribution in [3.8, 4) is 0 Å². The number of aromatic nitrogens is 2. The molecular weight excluding hydrogens is 250 g/mol. The highest BCUT2D eigenvalue weighted by Gasteiger charge is 2.52. The molecule has 1 saturated heterocycles. The van der Waals surface area contributed by atoms with Gasteiger partial charge in [0.1, 0.15) is 5.60 Å². The fraction of sp³-hybridized carbons (Fsp3) is 0.562. The van der Waals surface area contributed by atoms with Crippen LogP contribution in [0, 0.1) is 11.8 Å². The largest absolute Gasteiger partial charge is 0.373 e. The molecule has 4 nitrogen and oxygen atoms in total. The molecule has 2 bridgehead atoms. The zero-order valence-electron chi connectivity index (χ0n) is 11.9. The molecule has 0 spiro atoms. The molecule has 2 aromatic rings. The van der Waals surface area contributed by atoms with Crippen molar-refractivity contribution in [3.05, 3.63) is 30.1 Å². The summed E-state index contributed by atoms with van der Waals surface area (Å²) in [5, 5.41) is 3.58.